The molecule has 0 aliphatic carbocycles. The monoisotopic (exact) mass is 317 g/mol. The smallest absolute Gasteiger partial charge is 0.258 e. The van der Waals surface area contributed by atoms with Gasteiger partial charge in [-0.2, -0.15) is 0 Å². The molecule has 1 aliphatic rings. The summed E-state index contributed by atoms with van der Waals surface area (Å²) in [5.74, 6) is -1.75. The number of rotatable bonds is 1. The fraction of sp³-hybridized carbons (Fsp3) is 0.462. The summed E-state index contributed by atoms with van der Waals surface area (Å²) < 4.78 is 27.0. The van der Waals surface area contributed by atoms with Gasteiger partial charge in [0.2, 0.25) is 0 Å². The molecule has 0 radical (unpaired) electrons. The van der Waals surface area contributed by atoms with Crippen molar-refractivity contribution in [2.75, 3.05) is 6.54 Å². The highest BCUT2D eigenvalue weighted by Gasteiger charge is 2.28. The van der Waals surface area contributed by atoms with Crippen LogP contribution in [0.1, 0.15) is 36.5 Å². The van der Waals surface area contributed by atoms with Crippen LogP contribution in [0.3, 0.4) is 0 Å². The maximum atomic E-state index is 13.7. The molecule has 1 aromatic rings. The van der Waals surface area contributed by atoms with Crippen molar-refractivity contribution in [3.05, 3.63) is 33.8 Å². The number of hydrogen-bond acceptors (Lipinski definition) is 1. The summed E-state index contributed by atoms with van der Waals surface area (Å²) in [7, 11) is 0. The predicted octanol–water partition coefficient (Wildman–Crippen LogP) is 3.74. The zero-order chi connectivity index (χ0) is 13.3. The van der Waals surface area contributed by atoms with Crippen LogP contribution >= 0.6 is 15.9 Å². The molecule has 5 heteroatoms. The minimum Gasteiger partial charge on any atom is -0.336 e. The van der Waals surface area contributed by atoms with Crippen molar-refractivity contribution in [2.24, 2.45) is 0 Å². The van der Waals surface area contributed by atoms with Crippen LogP contribution in [0.4, 0.5) is 8.78 Å². The van der Waals surface area contributed by atoms with E-state index < -0.39 is 17.5 Å². The van der Waals surface area contributed by atoms with E-state index in [0.717, 1.165) is 31.4 Å². The molecule has 0 N–H and O–H groups in total. The van der Waals surface area contributed by atoms with Gasteiger partial charge in [-0.1, -0.05) is 0 Å². The zero-order valence-electron chi connectivity index (χ0n) is 10.0. The number of carbonyl (C=O) groups excluding carboxylic acids is 1. The minimum absolute atomic E-state index is 0.0702. The first-order valence-electron chi connectivity index (χ1n) is 5.97. The lowest BCUT2D eigenvalue weighted by molar-refractivity contribution is 0.0629. The average molecular weight is 318 g/mol. The minimum atomic E-state index is -0.689. The Morgan fingerprint density at radius 1 is 1.33 bits per heavy atom. The van der Waals surface area contributed by atoms with Crippen LogP contribution in [-0.2, 0) is 0 Å². The van der Waals surface area contributed by atoms with E-state index in [1.165, 1.54) is 0 Å². The van der Waals surface area contributed by atoms with Gasteiger partial charge in [0, 0.05) is 12.6 Å². The molecule has 1 fully saturated rings. The fourth-order valence-electron chi connectivity index (χ4n) is 2.27. The normalized spacial score (nSPS) is 20.0. The Labute approximate surface area is 113 Å². The van der Waals surface area contributed by atoms with E-state index in [1.54, 1.807) is 4.90 Å². The number of likely N-dealkylation sites (tertiary alicyclic amines) is 1. The van der Waals surface area contributed by atoms with E-state index in [2.05, 4.69) is 15.9 Å². The lowest BCUT2D eigenvalue weighted by Gasteiger charge is -2.33. The maximum Gasteiger partial charge on any atom is 0.258 e. The summed E-state index contributed by atoms with van der Waals surface area (Å²) in [6, 6.07) is 2.07. The molecule has 1 aliphatic heterocycles. The third kappa shape index (κ3) is 2.41. The molecule has 0 aromatic heterocycles. The van der Waals surface area contributed by atoms with Crippen LogP contribution < -0.4 is 0 Å². The Balaban J connectivity index is 2.36. The van der Waals surface area contributed by atoms with Crippen LogP contribution in [-0.4, -0.2) is 23.4 Å². The molecule has 1 aromatic carbocycles. The molecule has 1 unspecified atom stereocenters. The van der Waals surface area contributed by atoms with Crippen LogP contribution in [0.2, 0.25) is 0 Å². The van der Waals surface area contributed by atoms with Gasteiger partial charge in [0.15, 0.2) is 0 Å². The summed E-state index contributed by atoms with van der Waals surface area (Å²) in [6.45, 7) is 2.53. The standard InChI is InChI=1S/C13H14BrF2NO/c1-8-4-2-3-7-17(8)13(18)11-9(15)5-6-10(16)12(11)14/h5-6,8H,2-4,7H2,1H3. The summed E-state index contributed by atoms with van der Waals surface area (Å²) >= 11 is 2.96. The van der Waals surface area contributed by atoms with Gasteiger partial charge >= 0.3 is 0 Å². The molecule has 0 spiro atoms. The van der Waals surface area contributed by atoms with Gasteiger partial charge in [0.05, 0.1) is 10.0 Å². The molecule has 1 saturated heterocycles. The summed E-state index contributed by atoms with van der Waals surface area (Å²) in [4.78, 5) is 13.9. The molecular formula is C13H14BrF2NO. The lowest BCUT2D eigenvalue weighted by Crippen LogP contribution is -2.42. The van der Waals surface area contributed by atoms with E-state index in [9.17, 15) is 13.6 Å². The largest absolute Gasteiger partial charge is 0.336 e. The Hall–Kier alpha value is -0.970. The van der Waals surface area contributed by atoms with Crippen molar-refractivity contribution < 1.29 is 13.6 Å². The molecule has 1 amide bonds. The SMILES string of the molecule is CC1CCCCN1C(=O)c1c(F)ccc(F)c1Br. The van der Waals surface area contributed by atoms with Gasteiger partial charge in [0.25, 0.3) is 5.91 Å². The Morgan fingerprint density at radius 2 is 2.00 bits per heavy atom. The van der Waals surface area contributed by atoms with E-state index >= 15 is 0 Å². The Kier molecular flexibility index (Phi) is 4.00. The molecule has 0 saturated carbocycles. The van der Waals surface area contributed by atoms with E-state index in [0.29, 0.717) is 6.54 Å². The molecule has 2 nitrogen and oxygen atoms in total. The lowest BCUT2D eigenvalue weighted by atomic mass is 10.0. The highest BCUT2D eigenvalue weighted by molar-refractivity contribution is 9.10. The van der Waals surface area contributed by atoms with Crippen molar-refractivity contribution in [3.63, 3.8) is 0 Å². The zero-order valence-corrected chi connectivity index (χ0v) is 11.6. The fourth-order valence-corrected chi connectivity index (χ4v) is 2.76. The molecule has 18 heavy (non-hydrogen) atoms. The molecular weight excluding hydrogens is 304 g/mol. The number of amides is 1. The molecule has 0 bridgehead atoms. The quantitative estimate of drug-likeness (QED) is 0.722. The van der Waals surface area contributed by atoms with Gasteiger partial charge in [-0.15, -0.1) is 0 Å². The van der Waals surface area contributed by atoms with Crippen LogP contribution in [0.15, 0.2) is 16.6 Å². The molecule has 1 heterocycles. The number of piperidine rings is 1. The highest BCUT2D eigenvalue weighted by Crippen LogP contribution is 2.27. The molecule has 98 valence electrons. The second kappa shape index (κ2) is 5.34. The second-order valence-electron chi connectivity index (χ2n) is 4.56. The van der Waals surface area contributed by atoms with Crippen LogP contribution in [0, 0.1) is 11.6 Å². The summed E-state index contributed by atoms with van der Waals surface area (Å²) in [5.41, 5.74) is -0.205. The third-order valence-electron chi connectivity index (χ3n) is 3.32. The van der Waals surface area contributed by atoms with Crippen molar-refractivity contribution in [3.8, 4) is 0 Å². The molecule has 2 rings (SSSR count). The van der Waals surface area contributed by atoms with Gasteiger partial charge in [-0.3, -0.25) is 4.79 Å². The van der Waals surface area contributed by atoms with Crippen LogP contribution in [0.5, 0.6) is 0 Å². The Bertz CT molecular complexity index is 478. The third-order valence-corrected chi connectivity index (χ3v) is 4.10. The second-order valence-corrected chi connectivity index (χ2v) is 5.35. The van der Waals surface area contributed by atoms with E-state index in [1.807, 2.05) is 6.92 Å². The number of carbonyl (C=O) groups is 1. The summed E-state index contributed by atoms with van der Waals surface area (Å²) in [6.07, 6.45) is 2.88. The average Bonchev–Trinajstić information content (AvgIpc) is 2.35. The van der Waals surface area contributed by atoms with Gasteiger partial charge in [0.1, 0.15) is 11.6 Å². The van der Waals surface area contributed by atoms with Crippen molar-refractivity contribution >= 4 is 21.8 Å². The van der Waals surface area contributed by atoms with Crippen molar-refractivity contribution in [1.82, 2.24) is 4.90 Å². The highest BCUT2D eigenvalue weighted by atomic mass is 79.9. The maximum absolute atomic E-state index is 13.7. The Morgan fingerprint density at radius 3 is 2.67 bits per heavy atom. The number of hydrogen-bond donors (Lipinski definition) is 0. The first-order chi connectivity index (χ1) is 8.52. The van der Waals surface area contributed by atoms with Gasteiger partial charge < -0.3 is 4.90 Å². The number of halogens is 3. The van der Waals surface area contributed by atoms with Crippen molar-refractivity contribution in [2.45, 2.75) is 32.2 Å². The number of nitrogens with zero attached hydrogens (tertiary/aromatic N) is 1. The predicted molar refractivity (Wildman–Crippen MR) is 68.4 cm³/mol. The molecule has 1 atom stereocenters. The number of benzene rings is 1. The first-order valence-corrected chi connectivity index (χ1v) is 6.76. The summed E-state index contributed by atoms with van der Waals surface area (Å²) in [5, 5.41) is 0. The topological polar surface area (TPSA) is 20.3 Å². The van der Waals surface area contributed by atoms with Crippen molar-refractivity contribution in [1.29, 1.82) is 0 Å². The van der Waals surface area contributed by atoms with E-state index in [4.69, 9.17) is 0 Å². The van der Waals surface area contributed by atoms with Gasteiger partial charge in [-0.25, -0.2) is 8.78 Å². The van der Waals surface area contributed by atoms with Gasteiger partial charge in [-0.05, 0) is 54.2 Å². The van der Waals surface area contributed by atoms with E-state index in [-0.39, 0.29) is 16.1 Å². The first kappa shape index (κ1) is 13.5. The van der Waals surface area contributed by atoms with Crippen LogP contribution in [0.25, 0.3) is 0 Å².